The molecule has 3 aliphatic heterocycles. The quantitative estimate of drug-likeness (QED) is 0.742. The summed E-state index contributed by atoms with van der Waals surface area (Å²) in [5, 5.41) is 0. The Labute approximate surface area is 181 Å². The Morgan fingerprint density at radius 3 is 2.65 bits per heavy atom. The number of guanidine groups is 1. The van der Waals surface area contributed by atoms with Gasteiger partial charge in [0.2, 0.25) is 5.96 Å². The van der Waals surface area contributed by atoms with Gasteiger partial charge in [0.1, 0.15) is 5.75 Å². The van der Waals surface area contributed by atoms with Gasteiger partial charge in [-0.3, -0.25) is 9.69 Å². The second-order valence-corrected chi connectivity index (χ2v) is 7.95. The number of carbonyl (C=O) groups excluding carboxylic acids is 2. The van der Waals surface area contributed by atoms with E-state index in [0.29, 0.717) is 19.5 Å². The molecule has 8 heteroatoms. The summed E-state index contributed by atoms with van der Waals surface area (Å²) in [6.45, 7) is 1.76. The van der Waals surface area contributed by atoms with Crippen LogP contribution in [0.25, 0.3) is 0 Å². The number of nitrogens with zero attached hydrogens (tertiary/aromatic N) is 5. The van der Waals surface area contributed by atoms with Gasteiger partial charge in [-0.05, 0) is 24.1 Å². The van der Waals surface area contributed by atoms with Gasteiger partial charge in [0, 0.05) is 38.4 Å². The van der Waals surface area contributed by atoms with Crippen molar-refractivity contribution in [2.75, 3.05) is 38.7 Å². The molecule has 31 heavy (non-hydrogen) atoms. The number of hydrogen-bond acceptors (Lipinski definition) is 6. The van der Waals surface area contributed by atoms with E-state index in [0.717, 1.165) is 29.5 Å². The highest BCUT2D eigenvalue weighted by Crippen LogP contribution is 2.34. The minimum atomic E-state index is -0.503. The van der Waals surface area contributed by atoms with Crippen molar-refractivity contribution in [1.82, 2.24) is 14.7 Å². The van der Waals surface area contributed by atoms with E-state index >= 15 is 0 Å². The van der Waals surface area contributed by atoms with E-state index in [1.165, 1.54) is 4.90 Å². The predicted octanol–water partition coefficient (Wildman–Crippen LogP) is 2.02. The standard InChI is InChI=1S/C23H25N5O3/c1-25-20-19(21(29)28(23(25)30)12-11-16-7-4-3-5-8-16)27-14-13-26(22(27)24-20)17-9-6-10-18(15-17)31-2/h3-10,15,19-20H,11-14H2,1-2H3. The summed E-state index contributed by atoms with van der Waals surface area (Å²) >= 11 is 0. The Morgan fingerprint density at radius 2 is 1.87 bits per heavy atom. The largest absolute Gasteiger partial charge is 0.497 e. The zero-order chi connectivity index (χ0) is 21.5. The highest BCUT2D eigenvalue weighted by atomic mass is 16.5. The van der Waals surface area contributed by atoms with Gasteiger partial charge in [0.25, 0.3) is 5.91 Å². The molecule has 3 aliphatic rings. The third-order valence-electron chi connectivity index (χ3n) is 6.21. The fourth-order valence-electron chi connectivity index (χ4n) is 4.55. The van der Waals surface area contributed by atoms with Crippen LogP contribution in [-0.4, -0.2) is 78.6 Å². The molecule has 8 nitrogen and oxygen atoms in total. The molecular formula is C23H25N5O3. The normalized spacial score (nSPS) is 22.6. The molecule has 0 aromatic heterocycles. The van der Waals surface area contributed by atoms with Crippen LogP contribution in [0.3, 0.4) is 0 Å². The topological polar surface area (TPSA) is 68.7 Å². The molecular weight excluding hydrogens is 394 g/mol. The van der Waals surface area contributed by atoms with Crippen LogP contribution >= 0.6 is 0 Å². The third-order valence-corrected chi connectivity index (χ3v) is 6.21. The van der Waals surface area contributed by atoms with E-state index in [9.17, 15) is 9.59 Å². The number of methoxy groups -OCH3 is 1. The molecule has 5 rings (SSSR count). The Morgan fingerprint density at radius 1 is 1.06 bits per heavy atom. The van der Waals surface area contributed by atoms with Crippen LogP contribution < -0.4 is 9.64 Å². The monoisotopic (exact) mass is 419 g/mol. The summed E-state index contributed by atoms with van der Waals surface area (Å²) in [4.78, 5) is 38.2. The molecule has 0 saturated carbocycles. The molecule has 160 valence electrons. The zero-order valence-corrected chi connectivity index (χ0v) is 17.6. The Bertz CT molecular complexity index is 1040. The molecule has 0 spiro atoms. The number of likely N-dealkylation sites (N-methyl/N-ethyl adjacent to an activating group) is 1. The molecule has 3 heterocycles. The van der Waals surface area contributed by atoms with Crippen molar-refractivity contribution in [1.29, 1.82) is 0 Å². The third kappa shape index (κ3) is 3.19. The van der Waals surface area contributed by atoms with Crippen molar-refractivity contribution in [2.45, 2.75) is 18.6 Å². The number of carbonyl (C=O) groups is 2. The van der Waals surface area contributed by atoms with E-state index < -0.39 is 12.2 Å². The number of aliphatic imine (C=N–C) groups is 1. The number of rotatable bonds is 5. The minimum absolute atomic E-state index is 0.171. The SMILES string of the molecule is COc1cccc(N2CCN3C2=NC2C3C(=O)N(CCc3ccccc3)C(=O)N2C)c1. The van der Waals surface area contributed by atoms with Crippen molar-refractivity contribution in [2.24, 2.45) is 4.99 Å². The molecule has 2 atom stereocenters. The van der Waals surface area contributed by atoms with Gasteiger partial charge < -0.3 is 19.4 Å². The first-order valence-corrected chi connectivity index (χ1v) is 10.5. The first-order chi connectivity index (χ1) is 15.1. The number of anilines is 1. The van der Waals surface area contributed by atoms with Crippen molar-refractivity contribution < 1.29 is 14.3 Å². The summed E-state index contributed by atoms with van der Waals surface area (Å²) in [5.41, 5.74) is 2.06. The van der Waals surface area contributed by atoms with Crippen molar-refractivity contribution >= 4 is 23.6 Å². The Balaban J connectivity index is 1.38. The summed E-state index contributed by atoms with van der Waals surface area (Å²) in [5.74, 6) is 1.33. The lowest BCUT2D eigenvalue weighted by Crippen LogP contribution is -2.65. The van der Waals surface area contributed by atoms with Crippen LogP contribution in [-0.2, 0) is 11.2 Å². The van der Waals surface area contributed by atoms with Crippen LogP contribution in [0, 0.1) is 0 Å². The van der Waals surface area contributed by atoms with Crippen LogP contribution in [0.15, 0.2) is 59.6 Å². The summed E-state index contributed by atoms with van der Waals surface area (Å²) in [7, 11) is 3.37. The first kappa shape index (κ1) is 19.4. The highest BCUT2D eigenvalue weighted by Gasteiger charge is 2.54. The molecule has 0 N–H and O–H groups in total. The first-order valence-electron chi connectivity index (χ1n) is 10.5. The predicted molar refractivity (Wildman–Crippen MR) is 117 cm³/mol. The number of ether oxygens (including phenoxy) is 1. The van der Waals surface area contributed by atoms with Gasteiger partial charge in [-0.1, -0.05) is 36.4 Å². The highest BCUT2D eigenvalue weighted by molar-refractivity contribution is 6.08. The Kier molecular flexibility index (Phi) is 4.77. The second-order valence-electron chi connectivity index (χ2n) is 7.95. The van der Waals surface area contributed by atoms with Gasteiger partial charge in [0.05, 0.1) is 7.11 Å². The summed E-state index contributed by atoms with van der Waals surface area (Å²) in [6.07, 6.45) is 0.129. The number of imide groups is 1. The smallest absolute Gasteiger partial charge is 0.328 e. The Hall–Kier alpha value is -3.55. The number of hydrogen-bond donors (Lipinski definition) is 0. The number of fused-ring (bicyclic) bond motifs is 3. The average Bonchev–Trinajstić information content (AvgIpc) is 3.38. The van der Waals surface area contributed by atoms with E-state index in [2.05, 4.69) is 4.90 Å². The molecule has 2 fully saturated rings. The zero-order valence-electron chi connectivity index (χ0n) is 17.6. The van der Waals surface area contributed by atoms with Gasteiger partial charge >= 0.3 is 6.03 Å². The van der Waals surface area contributed by atoms with Crippen LogP contribution in [0.4, 0.5) is 10.5 Å². The van der Waals surface area contributed by atoms with E-state index in [4.69, 9.17) is 9.73 Å². The van der Waals surface area contributed by atoms with Crippen molar-refractivity contribution in [3.05, 3.63) is 60.2 Å². The number of amides is 3. The molecule has 2 unspecified atom stereocenters. The van der Waals surface area contributed by atoms with Crippen LogP contribution in [0.2, 0.25) is 0 Å². The van der Waals surface area contributed by atoms with E-state index in [1.807, 2.05) is 59.5 Å². The second kappa shape index (κ2) is 7.61. The lowest BCUT2D eigenvalue weighted by Gasteiger charge is -2.40. The fraction of sp³-hybridized carbons (Fsp3) is 0.348. The summed E-state index contributed by atoms with van der Waals surface area (Å²) < 4.78 is 5.35. The van der Waals surface area contributed by atoms with Gasteiger partial charge in [-0.25, -0.2) is 9.79 Å². The van der Waals surface area contributed by atoms with E-state index in [1.54, 1.807) is 19.1 Å². The molecule has 0 radical (unpaired) electrons. The maximum atomic E-state index is 13.4. The molecule has 2 aromatic carbocycles. The maximum absolute atomic E-state index is 13.4. The van der Waals surface area contributed by atoms with Crippen molar-refractivity contribution in [3.8, 4) is 5.75 Å². The van der Waals surface area contributed by atoms with Gasteiger partial charge in [-0.2, -0.15) is 0 Å². The molecule has 0 aliphatic carbocycles. The molecule has 0 bridgehead atoms. The fourth-order valence-corrected chi connectivity index (χ4v) is 4.55. The average molecular weight is 419 g/mol. The lowest BCUT2D eigenvalue weighted by atomic mass is 10.1. The number of urea groups is 1. The van der Waals surface area contributed by atoms with Crippen molar-refractivity contribution in [3.63, 3.8) is 0 Å². The molecule has 2 saturated heterocycles. The molecule has 2 aromatic rings. The van der Waals surface area contributed by atoms with E-state index in [-0.39, 0.29) is 11.9 Å². The van der Waals surface area contributed by atoms with Crippen LogP contribution in [0.1, 0.15) is 5.56 Å². The van der Waals surface area contributed by atoms with Gasteiger partial charge in [-0.15, -0.1) is 0 Å². The lowest BCUT2D eigenvalue weighted by molar-refractivity contribution is -0.137. The van der Waals surface area contributed by atoms with Crippen LogP contribution in [0.5, 0.6) is 5.75 Å². The van der Waals surface area contributed by atoms with Gasteiger partial charge in [0.15, 0.2) is 12.2 Å². The molecule has 3 amide bonds. The maximum Gasteiger partial charge on any atom is 0.328 e. The number of benzene rings is 2. The minimum Gasteiger partial charge on any atom is -0.497 e. The summed E-state index contributed by atoms with van der Waals surface area (Å²) in [6, 6.07) is 16.9.